The number of benzene rings is 2. The summed E-state index contributed by atoms with van der Waals surface area (Å²) in [6.45, 7) is 0.162. The molecule has 0 bridgehead atoms. The summed E-state index contributed by atoms with van der Waals surface area (Å²) in [6, 6.07) is 16.6. The first-order valence-corrected chi connectivity index (χ1v) is 6.84. The predicted molar refractivity (Wildman–Crippen MR) is 80.8 cm³/mol. The first kappa shape index (κ1) is 13.8. The molecule has 1 N–H and O–H groups in total. The van der Waals surface area contributed by atoms with Crippen LogP contribution >= 0.6 is 22.6 Å². The van der Waals surface area contributed by atoms with Crippen LogP contribution < -0.4 is 4.74 Å². The van der Waals surface area contributed by atoms with Gasteiger partial charge in [0.25, 0.3) is 0 Å². The summed E-state index contributed by atoms with van der Waals surface area (Å²) in [5, 5.41) is 18.9. The van der Waals surface area contributed by atoms with Crippen molar-refractivity contribution < 1.29 is 9.84 Å². The standard InChI is InChI=1S/C15H12INO2/c16-13-6-1-2-7-15(13)19-10-14(18)12-5-3-4-11(8-12)9-17/h1-8,14,18H,10H2. The summed E-state index contributed by atoms with van der Waals surface area (Å²) in [5.74, 6) is 0.749. The molecular weight excluding hydrogens is 353 g/mol. The Morgan fingerprint density at radius 1 is 1.21 bits per heavy atom. The highest BCUT2D eigenvalue weighted by molar-refractivity contribution is 14.1. The third-order valence-corrected chi connectivity index (χ3v) is 3.53. The van der Waals surface area contributed by atoms with Gasteiger partial charge < -0.3 is 9.84 Å². The van der Waals surface area contributed by atoms with Crippen LogP contribution in [0.25, 0.3) is 0 Å². The predicted octanol–water partition coefficient (Wildman–Crippen LogP) is 3.28. The van der Waals surface area contributed by atoms with E-state index in [9.17, 15) is 5.11 Å². The van der Waals surface area contributed by atoms with Gasteiger partial charge in [-0.3, -0.25) is 0 Å². The van der Waals surface area contributed by atoms with Crippen molar-refractivity contribution >= 4 is 22.6 Å². The number of hydrogen-bond acceptors (Lipinski definition) is 3. The number of hydrogen-bond donors (Lipinski definition) is 1. The lowest BCUT2D eigenvalue weighted by atomic mass is 10.1. The Labute approximate surface area is 125 Å². The van der Waals surface area contributed by atoms with Crippen molar-refractivity contribution in [2.45, 2.75) is 6.10 Å². The van der Waals surface area contributed by atoms with Crippen LogP contribution in [0.3, 0.4) is 0 Å². The highest BCUT2D eigenvalue weighted by Crippen LogP contribution is 2.22. The van der Waals surface area contributed by atoms with Gasteiger partial charge in [-0.05, 0) is 52.4 Å². The van der Waals surface area contributed by atoms with Gasteiger partial charge in [0.15, 0.2) is 0 Å². The number of aliphatic hydroxyl groups excluding tert-OH is 1. The molecule has 0 aliphatic carbocycles. The Morgan fingerprint density at radius 2 is 2.00 bits per heavy atom. The van der Waals surface area contributed by atoms with Gasteiger partial charge >= 0.3 is 0 Å². The molecule has 0 fully saturated rings. The number of halogens is 1. The molecule has 0 saturated heterocycles. The van der Waals surface area contributed by atoms with E-state index in [0.29, 0.717) is 11.1 Å². The molecule has 0 aromatic heterocycles. The largest absolute Gasteiger partial charge is 0.489 e. The molecular formula is C15H12INO2. The van der Waals surface area contributed by atoms with Gasteiger partial charge in [0.1, 0.15) is 18.5 Å². The molecule has 3 nitrogen and oxygen atoms in total. The van der Waals surface area contributed by atoms with Crippen molar-refractivity contribution in [3.05, 3.63) is 63.2 Å². The fourth-order valence-corrected chi connectivity index (χ4v) is 2.19. The lowest BCUT2D eigenvalue weighted by molar-refractivity contribution is 0.107. The summed E-state index contributed by atoms with van der Waals surface area (Å²) < 4.78 is 6.58. The Balaban J connectivity index is 2.03. The molecule has 1 unspecified atom stereocenters. The Morgan fingerprint density at radius 3 is 2.74 bits per heavy atom. The summed E-state index contributed by atoms with van der Waals surface area (Å²) in [5.41, 5.74) is 1.22. The molecule has 0 heterocycles. The second-order valence-electron chi connectivity index (χ2n) is 3.99. The van der Waals surface area contributed by atoms with Crippen molar-refractivity contribution in [3.63, 3.8) is 0 Å². The molecule has 0 amide bonds. The molecule has 4 heteroatoms. The quantitative estimate of drug-likeness (QED) is 0.847. The number of para-hydroxylation sites is 1. The van der Waals surface area contributed by atoms with E-state index in [1.165, 1.54) is 0 Å². The first-order valence-electron chi connectivity index (χ1n) is 5.76. The zero-order valence-electron chi connectivity index (χ0n) is 10.1. The SMILES string of the molecule is N#Cc1cccc(C(O)COc2ccccc2I)c1. The number of nitrogens with zero attached hydrogens (tertiary/aromatic N) is 1. The second-order valence-corrected chi connectivity index (χ2v) is 5.16. The van der Waals surface area contributed by atoms with Gasteiger partial charge in [0.05, 0.1) is 15.2 Å². The number of nitriles is 1. The highest BCUT2D eigenvalue weighted by atomic mass is 127. The Bertz CT molecular complexity index is 607. The van der Waals surface area contributed by atoms with Gasteiger partial charge in [0.2, 0.25) is 0 Å². The van der Waals surface area contributed by atoms with Crippen molar-refractivity contribution in [1.29, 1.82) is 5.26 Å². The van der Waals surface area contributed by atoms with Crippen molar-refractivity contribution in [3.8, 4) is 11.8 Å². The maximum atomic E-state index is 10.1. The maximum absolute atomic E-state index is 10.1. The normalized spacial score (nSPS) is 11.6. The van der Waals surface area contributed by atoms with E-state index in [2.05, 4.69) is 28.7 Å². The third-order valence-electron chi connectivity index (χ3n) is 2.63. The van der Waals surface area contributed by atoms with Crippen LogP contribution in [-0.4, -0.2) is 11.7 Å². The van der Waals surface area contributed by atoms with Crippen molar-refractivity contribution in [2.24, 2.45) is 0 Å². The van der Waals surface area contributed by atoms with Crippen LogP contribution in [0.1, 0.15) is 17.2 Å². The minimum absolute atomic E-state index is 0.162. The second kappa shape index (κ2) is 6.55. The monoisotopic (exact) mass is 365 g/mol. The third kappa shape index (κ3) is 3.69. The number of ether oxygens (including phenoxy) is 1. The molecule has 2 aromatic carbocycles. The fourth-order valence-electron chi connectivity index (χ4n) is 1.64. The van der Waals surface area contributed by atoms with E-state index in [0.717, 1.165) is 9.32 Å². The maximum Gasteiger partial charge on any atom is 0.132 e. The van der Waals surface area contributed by atoms with E-state index >= 15 is 0 Å². The molecule has 0 aliphatic rings. The van der Waals surface area contributed by atoms with E-state index in [-0.39, 0.29) is 6.61 Å². The fraction of sp³-hybridized carbons (Fsp3) is 0.133. The molecule has 2 rings (SSSR count). The van der Waals surface area contributed by atoms with Crippen LogP contribution in [0.5, 0.6) is 5.75 Å². The van der Waals surface area contributed by atoms with Crippen LogP contribution in [0.2, 0.25) is 0 Å². The highest BCUT2D eigenvalue weighted by Gasteiger charge is 2.10. The lowest BCUT2D eigenvalue weighted by Crippen LogP contribution is -2.10. The summed E-state index contributed by atoms with van der Waals surface area (Å²) >= 11 is 2.18. The van der Waals surface area contributed by atoms with Crippen molar-refractivity contribution in [2.75, 3.05) is 6.61 Å². The smallest absolute Gasteiger partial charge is 0.132 e. The minimum Gasteiger partial charge on any atom is -0.489 e. The van der Waals surface area contributed by atoms with E-state index in [1.807, 2.05) is 24.3 Å². The van der Waals surface area contributed by atoms with Gasteiger partial charge in [0, 0.05) is 0 Å². The van der Waals surface area contributed by atoms with Crippen LogP contribution in [-0.2, 0) is 0 Å². The molecule has 19 heavy (non-hydrogen) atoms. The van der Waals surface area contributed by atoms with E-state index < -0.39 is 6.10 Å². The van der Waals surface area contributed by atoms with Crippen LogP contribution in [0, 0.1) is 14.9 Å². The van der Waals surface area contributed by atoms with Gasteiger partial charge in [-0.1, -0.05) is 24.3 Å². The van der Waals surface area contributed by atoms with Crippen molar-refractivity contribution in [1.82, 2.24) is 0 Å². The average Bonchev–Trinajstić information content (AvgIpc) is 2.46. The molecule has 0 spiro atoms. The zero-order valence-corrected chi connectivity index (χ0v) is 12.2. The molecule has 1 atom stereocenters. The van der Waals surface area contributed by atoms with Gasteiger partial charge in [-0.2, -0.15) is 5.26 Å². The van der Waals surface area contributed by atoms with Crippen LogP contribution in [0.15, 0.2) is 48.5 Å². The number of aliphatic hydroxyl groups is 1. The molecule has 96 valence electrons. The minimum atomic E-state index is -0.746. The summed E-state index contributed by atoms with van der Waals surface area (Å²) in [6.07, 6.45) is -0.746. The van der Waals surface area contributed by atoms with Gasteiger partial charge in [-0.15, -0.1) is 0 Å². The van der Waals surface area contributed by atoms with E-state index in [4.69, 9.17) is 10.00 Å². The average molecular weight is 365 g/mol. The zero-order chi connectivity index (χ0) is 13.7. The summed E-state index contributed by atoms with van der Waals surface area (Å²) in [7, 11) is 0. The molecule has 0 saturated carbocycles. The topological polar surface area (TPSA) is 53.2 Å². The Kier molecular flexibility index (Phi) is 4.77. The number of rotatable bonds is 4. The lowest BCUT2D eigenvalue weighted by Gasteiger charge is -2.13. The molecule has 2 aromatic rings. The molecule has 0 radical (unpaired) electrons. The van der Waals surface area contributed by atoms with Crippen LogP contribution in [0.4, 0.5) is 0 Å². The molecule has 0 aliphatic heterocycles. The first-order chi connectivity index (χ1) is 9.20. The summed E-state index contributed by atoms with van der Waals surface area (Å²) in [4.78, 5) is 0. The Hall–Kier alpha value is -1.58. The van der Waals surface area contributed by atoms with E-state index in [1.54, 1.807) is 24.3 Å². The van der Waals surface area contributed by atoms with Gasteiger partial charge in [-0.25, -0.2) is 0 Å².